The van der Waals surface area contributed by atoms with Crippen molar-refractivity contribution in [3.05, 3.63) is 128 Å². The number of benzene rings is 3. The molecular weight excluding hydrogens is 681 g/mol. The smallest absolute Gasteiger partial charge is 0.214 e. The fourth-order valence-corrected chi connectivity index (χ4v) is 24.6. The second kappa shape index (κ2) is 18.4. The third kappa shape index (κ3) is 14.8. The van der Waals surface area contributed by atoms with Gasteiger partial charge in [0.1, 0.15) is 0 Å². The summed E-state index contributed by atoms with van der Waals surface area (Å²) < 4.78 is 0. The molecule has 0 unspecified atom stereocenters. The van der Waals surface area contributed by atoms with Gasteiger partial charge >= 0.3 is 21.7 Å². The summed E-state index contributed by atoms with van der Waals surface area (Å²) in [5.41, 5.74) is 3.62. The summed E-state index contributed by atoms with van der Waals surface area (Å²) in [5, 5.41) is 9.05. The van der Waals surface area contributed by atoms with Crippen molar-refractivity contribution in [1.82, 2.24) is 0 Å². The SMILES string of the molecule is [CH2-]c1c([Si](C)(C)C)c([Si](C)(C)C)c([Si](C)(C)C)c([Si](C)(C)C)c1[Si](C)(C)C.[CH2-]c1ccccc1.[CH2-]c1ccccc1.[Ti+4].c1cc[cH-]c1. The Hall–Kier alpha value is -1.58. The van der Waals surface area contributed by atoms with Gasteiger partial charge in [-0.3, -0.25) is 0 Å². The van der Waals surface area contributed by atoms with E-state index in [1.165, 1.54) is 5.56 Å². The molecule has 6 heteroatoms. The Labute approximate surface area is 312 Å². The first-order valence-corrected chi connectivity index (χ1v) is 34.3. The van der Waals surface area contributed by atoms with E-state index in [0.29, 0.717) is 0 Å². The van der Waals surface area contributed by atoms with Crippen LogP contribution in [-0.2, 0) is 21.7 Å². The monoisotopic (exact) mass is 746 g/mol. The molecule has 0 N–H and O–H groups in total. The minimum Gasteiger partial charge on any atom is -0.214 e. The Morgan fingerprint density at radius 2 is 0.596 bits per heavy atom. The second-order valence-corrected chi connectivity index (χ2v) is 42.5. The fraction of sp³-hybridized carbons (Fsp3) is 0.366. The zero-order valence-corrected chi connectivity index (χ0v) is 39.3. The van der Waals surface area contributed by atoms with Crippen molar-refractivity contribution >= 4 is 66.3 Å². The van der Waals surface area contributed by atoms with Crippen LogP contribution in [0.15, 0.2) is 91.0 Å². The molecule has 0 saturated heterocycles. The molecule has 0 nitrogen and oxygen atoms in total. The van der Waals surface area contributed by atoms with Crippen molar-refractivity contribution in [3.8, 4) is 0 Å². The Kier molecular flexibility index (Phi) is 17.8. The van der Waals surface area contributed by atoms with E-state index in [0.717, 1.165) is 11.1 Å². The molecule has 0 saturated carbocycles. The van der Waals surface area contributed by atoms with Gasteiger partial charge in [0.25, 0.3) is 0 Å². The van der Waals surface area contributed by atoms with Crippen LogP contribution < -0.4 is 25.9 Å². The molecular formula is C41H66Si5Ti. The van der Waals surface area contributed by atoms with Crippen LogP contribution in [0.4, 0.5) is 0 Å². The van der Waals surface area contributed by atoms with Crippen LogP contribution >= 0.6 is 0 Å². The minimum atomic E-state index is -1.50. The van der Waals surface area contributed by atoms with Gasteiger partial charge in [-0.25, -0.2) is 12.1 Å². The quantitative estimate of drug-likeness (QED) is 0.141. The zero-order valence-electron chi connectivity index (χ0n) is 32.8. The summed E-state index contributed by atoms with van der Waals surface area (Å²) in [4.78, 5) is 0. The van der Waals surface area contributed by atoms with Gasteiger partial charge in [0.15, 0.2) is 0 Å². The Balaban J connectivity index is 0.000000837. The predicted octanol–water partition coefficient (Wildman–Crippen LogP) is 9.74. The van der Waals surface area contributed by atoms with Crippen molar-refractivity contribution in [2.45, 2.75) is 98.2 Å². The topological polar surface area (TPSA) is 0 Å². The van der Waals surface area contributed by atoms with Crippen molar-refractivity contribution in [1.29, 1.82) is 0 Å². The van der Waals surface area contributed by atoms with Crippen molar-refractivity contribution in [2.24, 2.45) is 0 Å². The molecule has 0 spiro atoms. The van der Waals surface area contributed by atoms with Crippen molar-refractivity contribution in [2.75, 3.05) is 0 Å². The van der Waals surface area contributed by atoms with Gasteiger partial charge in [0.2, 0.25) is 0 Å². The van der Waals surface area contributed by atoms with Crippen molar-refractivity contribution < 1.29 is 21.7 Å². The Bertz CT molecular complexity index is 1330. The van der Waals surface area contributed by atoms with Crippen LogP contribution in [0.2, 0.25) is 98.2 Å². The predicted molar refractivity (Wildman–Crippen MR) is 230 cm³/mol. The van der Waals surface area contributed by atoms with Crippen LogP contribution in [-0.4, -0.2) is 40.4 Å². The molecule has 254 valence electrons. The van der Waals surface area contributed by atoms with Gasteiger partial charge in [-0.2, -0.15) is 90.3 Å². The summed E-state index contributed by atoms with van der Waals surface area (Å²) in [6.45, 7) is 50.9. The van der Waals surface area contributed by atoms with E-state index in [1.807, 2.05) is 107 Å². The molecule has 47 heavy (non-hydrogen) atoms. The van der Waals surface area contributed by atoms with Gasteiger partial charge in [0.05, 0.1) is 24.2 Å². The number of hydrogen-bond acceptors (Lipinski definition) is 0. The van der Waals surface area contributed by atoms with Crippen LogP contribution in [0, 0.1) is 20.8 Å². The van der Waals surface area contributed by atoms with Crippen LogP contribution in [0.1, 0.15) is 16.7 Å². The molecule has 4 rings (SSSR count). The summed E-state index contributed by atoms with van der Waals surface area (Å²) in [5.74, 6) is 0. The first kappa shape index (κ1) is 45.4. The largest absolute Gasteiger partial charge is 4.00 e. The Morgan fingerprint density at radius 3 is 0.745 bits per heavy atom. The molecule has 4 aromatic carbocycles. The molecule has 0 heterocycles. The third-order valence-corrected chi connectivity index (χ3v) is 18.7. The molecule has 0 fully saturated rings. The maximum absolute atomic E-state index is 4.85. The zero-order chi connectivity index (χ0) is 35.7. The summed E-state index contributed by atoms with van der Waals surface area (Å²) in [7, 11) is -7.50. The van der Waals surface area contributed by atoms with E-state index >= 15 is 0 Å². The van der Waals surface area contributed by atoms with Crippen LogP contribution in [0.3, 0.4) is 0 Å². The Morgan fingerprint density at radius 1 is 0.362 bits per heavy atom. The summed E-state index contributed by atoms with van der Waals surface area (Å²) >= 11 is 0. The van der Waals surface area contributed by atoms with E-state index in [9.17, 15) is 0 Å². The van der Waals surface area contributed by atoms with Crippen LogP contribution in [0.5, 0.6) is 0 Å². The maximum Gasteiger partial charge on any atom is 4.00 e. The molecule has 0 aliphatic rings. The van der Waals surface area contributed by atoms with E-state index in [1.54, 1.807) is 10.4 Å². The van der Waals surface area contributed by atoms with E-state index in [-0.39, 0.29) is 21.7 Å². The van der Waals surface area contributed by atoms with Crippen molar-refractivity contribution in [3.63, 3.8) is 0 Å². The van der Waals surface area contributed by atoms with Gasteiger partial charge in [-0.15, -0.1) is 34.6 Å². The van der Waals surface area contributed by atoms with E-state index in [2.05, 4.69) is 112 Å². The van der Waals surface area contributed by atoms with Gasteiger partial charge in [0, 0.05) is 16.1 Å². The summed E-state index contributed by atoms with van der Waals surface area (Å²) in [6.07, 6.45) is 0. The minimum absolute atomic E-state index is 0. The first-order chi connectivity index (χ1) is 20.8. The average Bonchev–Trinajstić information content (AvgIpc) is 3.47. The third-order valence-electron chi connectivity index (χ3n) is 7.59. The average molecular weight is 747 g/mol. The van der Waals surface area contributed by atoms with Gasteiger partial charge in [-0.05, 0) is 0 Å². The van der Waals surface area contributed by atoms with Gasteiger partial charge in [-0.1, -0.05) is 116 Å². The first-order valence-electron chi connectivity index (χ1n) is 16.8. The molecule has 0 aromatic heterocycles. The molecule has 0 aliphatic carbocycles. The molecule has 0 aliphatic heterocycles. The normalized spacial score (nSPS) is 11.8. The van der Waals surface area contributed by atoms with E-state index < -0.39 is 40.4 Å². The maximum atomic E-state index is 4.85. The molecule has 0 atom stereocenters. The second-order valence-electron chi connectivity index (χ2n) is 17.5. The molecule has 0 amide bonds. The molecule has 0 bridgehead atoms. The van der Waals surface area contributed by atoms with Crippen LogP contribution in [0.25, 0.3) is 0 Å². The number of hydrogen-bond donors (Lipinski definition) is 0. The molecule has 0 radical (unpaired) electrons. The number of rotatable bonds is 5. The molecule has 4 aromatic rings. The van der Waals surface area contributed by atoms with E-state index in [4.69, 9.17) is 6.92 Å². The van der Waals surface area contributed by atoms with Gasteiger partial charge < -0.3 is 0 Å². The standard InChI is InChI=1S/C22H47Si5.2C7H7.C5H5.Ti/c1-17-18(23(2,3)4)20(25(8,9)10)22(27(14,15)16)21(26(11,12)13)19(17)24(5,6)7;2*1-7-5-3-2-4-6-7;1-2-4-5-3-1;/h1H2,2-16H3;2*2-6H,1H2;1-5H;/q4*-1;+4. The fourth-order valence-electron chi connectivity index (χ4n) is 5.98. The summed E-state index contributed by atoms with van der Waals surface area (Å²) in [6, 6.07) is 29.7.